The lowest BCUT2D eigenvalue weighted by Gasteiger charge is -2.22. The maximum atomic E-state index is 6.28. The zero-order chi connectivity index (χ0) is 14.8. The Morgan fingerprint density at radius 1 is 1.38 bits per heavy atom. The normalized spacial score (nSPS) is 19.5. The molecule has 3 rings (SSSR count). The molecule has 1 saturated heterocycles. The Labute approximate surface area is 130 Å². The van der Waals surface area contributed by atoms with Gasteiger partial charge >= 0.3 is 0 Å². The van der Waals surface area contributed by atoms with Crippen LogP contribution in [0.1, 0.15) is 55.7 Å². The second-order valence-corrected chi connectivity index (χ2v) is 6.44. The van der Waals surface area contributed by atoms with Gasteiger partial charge in [-0.2, -0.15) is 0 Å². The van der Waals surface area contributed by atoms with Crippen molar-refractivity contribution >= 4 is 11.6 Å². The number of hydrogen-bond donors (Lipinski definition) is 0. The molecule has 0 saturated carbocycles. The van der Waals surface area contributed by atoms with E-state index in [9.17, 15) is 0 Å². The summed E-state index contributed by atoms with van der Waals surface area (Å²) >= 11 is 6.28. The van der Waals surface area contributed by atoms with Gasteiger partial charge in [0.15, 0.2) is 5.76 Å². The fourth-order valence-electron chi connectivity index (χ4n) is 2.92. The predicted molar refractivity (Wildman–Crippen MR) is 84.4 cm³/mol. The van der Waals surface area contributed by atoms with E-state index in [1.54, 1.807) is 0 Å². The molecule has 0 aliphatic carbocycles. The molecular weight excluding hydrogens is 284 g/mol. The van der Waals surface area contributed by atoms with Gasteiger partial charge in [0.1, 0.15) is 0 Å². The van der Waals surface area contributed by atoms with E-state index in [0.717, 1.165) is 36.0 Å². The molecule has 2 heterocycles. The Hall–Kier alpha value is -1.32. The molecule has 1 atom stereocenters. The molecule has 1 fully saturated rings. The summed E-state index contributed by atoms with van der Waals surface area (Å²) in [6.07, 6.45) is 2.31. The smallest absolute Gasteiger partial charge is 0.154 e. The largest absolute Gasteiger partial charge is 0.359 e. The van der Waals surface area contributed by atoms with Crippen LogP contribution in [0.2, 0.25) is 5.02 Å². The van der Waals surface area contributed by atoms with Crippen molar-refractivity contribution < 1.29 is 4.52 Å². The van der Waals surface area contributed by atoms with Crippen LogP contribution in [0.4, 0.5) is 0 Å². The summed E-state index contributed by atoms with van der Waals surface area (Å²) in [6, 6.07) is 10.5. The SMILES string of the molecule is CC(C)c1cc([C@H]2CCCN2Cc2ccccc2Cl)on1. The Morgan fingerprint density at radius 2 is 2.19 bits per heavy atom. The van der Waals surface area contributed by atoms with Crippen LogP contribution in [0.25, 0.3) is 0 Å². The highest BCUT2D eigenvalue weighted by Crippen LogP contribution is 2.35. The van der Waals surface area contributed by atoms with Crippen LogP contribution in [0.3, 0.4) is 0 Å². The first-order valence-electron chi connectivity index (χ1n) is 7.59. The highest BCUT2D eigenvalue weighted by Gasteiger charge is 2.29. The molecule has 0 unspecified atom stereocenters. The monoisotopic (exact) mass is 304 g/mol. The number of benzene rings is 1. The van der Waals surface area contributed by atoms with Crippen molar-refractivity contribution in [2.75, 3.05) is 6.54 Å². The van der Waals surface area contributed by atoms with Crippen LogP contribution in [0.15, 0.2) is 34.9 Å². The zero-order valence-electron chi connectivity index (χ0n) is 12.6. The van der Waals surface area contributed by atoms with Gasteiger partial charge in [-0.15, -0.1) is 0 Å². The second-order valence-electron chi connectivity index (χ2n) is 6.03. The van der Waals surface area contributed by atoms with Gasteiger partial charge < -0.3 is 4.52 Å². The van der Waals surface area contributed by atoms with Crippen molar-refractivity contribution in [3.8, 4) is 0 Å². The fourth-order valence-corrected chi connectivity index (χ4v) is 3.11. The predicted octanol–water partition coefficient (Wildman–Crippen LogP) is 4.79. The first-order valence-corrected chi connectivity index (χ1v) is 7.97. The quantitative estimate of drug-likeness (QED) is 0.813. The molecular formula is C17H21ClN2O. The minimum Gasteiger partial charge on any atom is -0.359 e. The Balaban J connectivity index is 1.77. The Morgan fingerprint density at radius 3 is 2.90 bits per heavy atom. The van der Waals surface area contributed by atoms with Crippen molar-refractivity contribution in [1.29, 1.82) is 0 Å². The molecule has 2 aromatic rings. The van der Waals surface area contributed by atoms with Gasteiger partial charge in [-0.25, -0.2) is 0 Å². The summed E-state index contributed by atoms with van der Waals surface area (Å²) in [4.78, 5) is 2.44. The summed E-state index contributed by atoms with van der Waals surface area (Å²) in [5.74, 6) is 1.39. The average Bonchev–Trinajstić information content (AvgIpc) is 3.09. The molecule has 0 N–H and O–H groups in total. The van der Waals surface area contributed by atoms with Crippen molar-refractivity contribution in [3.63, 3.8) is 0 Å². The number of likely N-dealkylation sites (tertiary alicyclic amines) is 1. The van der Waals surface area contributed by atoms with Crippen LogP contribution in [0.5, 0.6) is 0 Å². The Bertz CT molecular complexity index is 608. The van der Waals surface area contributed by atoms with Crippen LogP contribution in [-0.2, 0) is 6.54 Å². The third kappa shape index (κ3) is 3.14. The molecule has 3 nitrogen and oxygen atoms in total. The van der Waals surface area contributed by atoms with Crippen molar-refractivity contribution in [2.24, 2.45) is 0 Å². The molecule has 1 aliphatic heterocycles. The summed E-state index contributed by atoms with van der Waals surface area (Å²) in [5, 5.41) is 5.03. The average molecular weight is 305 g/mol. The van der Waals surface area contributed by atoms with Gasteiger partial charge in [-0.1, -0.05) is 48.8 Å². The van der Waals surface area contributed by atoms with E-state index in [1.807, 2.05) is 18.2 Å². The number of halogens is 1. The standard InChI is InChI=1S/C17H21ClN2O/c1-12(2)15-10-17(21-19-15)16-8-5-9-20(16)11-13-6-3-4-7-14(13)18/h3-4,6-7,10,12,16H,5,8-9,11H2,1-2H3/t16-/m1/s1. The van der Waals surface area contributed by atoms with Gasteiger partial charge in [-0.3, -0.25) is 4.90 Å². The molecule has 0 bridgehead atoms. The van der Waals surface area contributed by atoms with Crippen molar-refractivity contribution in [1.82, 2.24) is 10.1 Å². The van der Waals surface area contributed by atoms with Crippen LogP contribution in [0, 0.1) is 0 Å². The maximum absolute atomic E-state index is 6.28. The molecule has 0 amide bonds. The summed E-state index contributed by atoms with van der Waals surface area (Å²) in [6.45, 7) is 6.21. The number of aromatic nitrogens is 1. The van der Waals surface area contributed by atoms with E-state index in [4.69, 9.17) is 16.1 Å². The highest BCUT2D eigenvalue weighted by molar-refractivity contribution is 6.31. The second kappa shape index (κ2) is 6.20. The van der Waals surface area contributed by atoms with E-state index in [-0.39, 0.29) is 0 Å². The lowest BCUT2D eigenvalue weighted by atomic mass is 10.1. The number of rotatable bonds is 4. The van der Waals surface area contributed by atoms with Gasteiger partial charge in [0.05, 0.1) is 11.7 Å². The zero-order valence-corrected chi connectivity index (χ0v) is 13.3. The maximum Gasteiger partial charge on any atom is 0.154 e. The van der Waals surface area contributed by atoms with Gasteiger partial charge in [0.25, 0.3) is 0 Å². The van der Waals surface area contributed by atoms with Crippen LogP contribution >= 0.6 is 11.6 Å². The lowest BCUT2D eigenvalue weighted by Crippen LogP contribution is -2.22. The molecule has 0 spiro atoms. The molecule has 1 aromatic heterocycles. The van der Waals surface area contributed by atoms with Gasteiger partial charge in [0.2, 0.25) is 0 Å². The first-order chi connectivity index (χ1) is 10.1. The van der Waals surface area contributed by atoms with Gasteiger partial charge in [0, 0.05) is 17.6 Å². The van der Waals surface area contributed by atoms with Crippen LogP contribution in [-0.4, -0.2) is 16.6 Å². The van der Waals surface area contributed by atoms with E-state index in [2.05, 4.69) is 36.0 Å². The molecule has 0 radical (unpaired) electrons. The van der Waals surface area contributed by atoms with E-state index < -0.39 is 0 Å². The Kier molecular flexibility index (Phi) is 4.32. The topological polar surface area (TPSA) is 29.3 Å². The van der Waals surface area contributed by atoms with E-state index in [1.165, 1.54) is 12.0 Å². The summed E-state index contributed by atoms with van der Waals surface area (Å²) in [7, 11) is 0. The highest BCUT2D eigenvalue weighted by atomic mass is 35.5. The van der Waals surface area contributed by atoms with Crippen molar-refractivity contribution in [3.05, 3.63) is 52.4 Å². The molecule has 21 heavy (non-hydrogen) atoms. The van der Waals surface area contributed by atoms with E-state index in [0.29, 0.717) is 12.0 Å². The molecule has 1 aliphatic rings. The minimum absolute atomic E-state index is 0.321. The molecule has 4 heteroatoms. The minimum atomic E-state index is 0.321. The number of hydrogen-bond acceptors (Lipinski definition) is 3. The molecule has 112 valence electrons. The fraction of sp³-hybridized carbons (Fsp3) is 0.471. The molecule has 1 aromatic carbocycles. The third-order valence-electron chi connectivity index (χ3n) is 4.16. The van der Waals surface area contributed by atoms with Gasteiger partial charge in [-0.05, 0) is 36.9 Å². The summed E-state index contributed by atoms with van der Waals surface area (Å²) in [5.41, 5.74) is 2.21. The first kappa shape index (κ1) is 14.6. The number of nitrogens with zero attached hydrogens (tertiary/aromatic N) is 2. The lowest BCUT2D eigenvalue weighted by molar-refractivity contribution is 0.206. The third-order valence-corrected chi connectivity index (χ3v) is 4.53. The van der Waals surface area contributed by atoms with Crippen molar-refractivity contribution in [2.45, 2.75) is 45.2 Å². The summed E-state index contributed by atoms with van der Waals surface area (Å²) < 4.78 is 5.58. The van der Waals surface area contributed by atoms with Crippen LogP contribution < -0.4 is 0 Å². The van der Waals surface area contributed by atoms with E-state index >= 15 is 0 Å².